The summed E-state index contributed by atoms with van der Waals surface area (Å²) in [5, 5.41) is 4.88. The molecule has 3 aromatic rings. The quantitative estimate of drug-likeness (QED) is 0.356. The molecule has 0 N–H and O–H groups in total. The van der Waals surface area contributed by atoms with Crippen LogP contribution in [0.3, 0.4) is 0 Å². The fraction of sp³-hybridized carbons (Fsp3) is 0.273. The molecule has 0 saturated carbocycles. The Morgan fingerprint density at radius 1 is 1.19 bits per heavy atom. The molecule has 2 aromatic carbocycles. The molecule has 3 rings (SSSR count). The van der Waals surface area contributed by atoms with Gasteiger partial charge in [-0.2, -0.15) is 9.78 Å². The minimum atomic E-state index is -0.494. The number of aryl methyl sites for hydroxylation is 1. The second-order valence-electron chi connectivity index (χ2n) is 6.58. The average molecular weight is 488 g/mol. The second kappa shape index (κ2) is 10.2. The molecule has 9 heteroatoms. The highest BCUT2D eigenvalue weighted by atomic mass is 79.9. The molecular formula is C22H22BrN3O5. The monoisotopic (exact) mass is 487 g/mol. The SMILES string of the molecule is CCCc1nc2ccc(Br)cc2c(=O)n1N=Cc1ccc(OCC(=O)OC)c(OC)c1. The number of benzene rings is 2. The lowest BCUT2D eigenvalue weighted by molar-refractivity contribution is -0.142. The molecule has 0 unspecified atom stereocenters. The predicted molar refractivity (Wildman–Crippen MR) is 121 cm³/mol. The minimum absolute atomic E-state index is 0.228. The number of nitrogens with zero attached hydrogens (tertiary/aromatic N) is 3. The van der Waals surface area contributed by atoms with Gasteiger partial charge in [0.15, 0.2) is 18.1 Å². The molecule has 162 valence electrons. The molecule has 8 nitrogen and oxygen atoms in total. The number of hydrogen-bond acceptors (Lipinski definition) is 7. The number of halogens is 1. The molecule has 0 bridgehead atoms. The lowest BCUT2D eigenvalue weighted by atomic mass is 10.2. The average Bonchev–Trinajstić information content (AvgIpc) is 2.78. The molecule has 31 heavy (non-hydrogen) atoms. The highest BCUT2D eigenvalue weighted by molar-refractivity contribution is 9.10. The van der Waals surface area contributed by atoms with E-state index in [4.69, 9.17) is 9.47 Å². The van der Waals surface area contributed by atoms with Gasteiger partial charge < -0.3 is 14.2 Å². The Kier molecular flexibility index (Phi) is 7.41. The number of hydrogen-bond donors (Lipinski definition) is 0. The first-order valence-electron chi connectivity index (χ1n) is 9.60. The van der Waals surface area contributed by atoms with Gasteiger partial charge in [-0.15, -0.1) is 0 Å². The Labute approximate surface area is 187 Å². The molecule has 0 radical (unpaired) electrons. The molecule has 0 aliphatic heterocycles. The maximum Gasteiger partial charge on any atom is 0.343 e. The number of rotatable bonds is 8. The van der Waals surface area contributed by atoms with E-state index < -0.39 is 5.97 Å². The summed E-state index contributed by atoms with van der Waals surface area (Å²) < 4.78 is 17.4. The molecule has 0 saturated heterocycles. The van der Waals surface area contributed by atoms with E-state index in [1.807, 2.05) is 19.1 Å². The van der Waals surface area contributed by atoms with Gasteiger partial charge in [-0.25, -0.2) is 9.78 Å². The summed E-state index contributed by atoms with van der Waals surface area (Å²) in [6.07, 6.45) is 2.99. The first-order chi connectivity index (χ1) is 15.0. The molecule has 0 aliphatic carbocycles. The standard InChI is InChI=1S/C22H22BrN3O5/c1-4-5-20-25-17-8-7-15(23)11-16(17)22(28)26(20)24-12-14-6-9-18(19(10-14)29-2)31-13-21(27)30-3/h6-12H,4-5,13H2,1-3H3. The van der Waals surface area contributed by atoms with Gasteiger partial charge in [0.05, 0.1) is 31.3 Å². The molecule has 0 aliphatic rings. The Morgan fingerprint density at radius 3 is 2.71 bits per heavy atom. The Bertz CT molecular complexity index is 1190. The number of ether oxygens (including phenoxy) is 3. The van der Waals surface area contributed by atoms with Crippen molar-refractivity contribution in [2.75, 3.05) is 20.8 Å². The number of carbonyl (C=O) groups excluding carboxylic acids is 1. The van der Waals surface area contributed by atoms with Gasteiger partial charge >= 0.3 is 5.97 Å². The van der Waals surface area contributed by atoms with Crippen molar-refractivity contribution >= 4 is 39.0 Å². The zero-order chi connectivity index (χ0) is 22.4. The van der Waals surface area contributed by atoms with Crippen LogP contribution >= 0.6 is 15.9 Å². The van der Waals surface area contributed by atoms with Crippen LogP contribution in [0.15, 0.2) is 50.8 Å². The normalized spacial score (nSPS) is 11.1. The summed E-state index contributed by atoms with van der Waals surface area (Å²) >= 11 is 3.40. The topological polar surface area (TPSA) is 92.0 Å². The van der Waals surface area contributed by atoms with Gasteiger partial charge in [0, 0.05) is 10.9 Å². The second-order valence-corrected chi connectivity index (χ2v) is 7.49. The number of aromatic nitrogens is 2. The fourth-order valence-corrected chi connectivity index (χ4v) is 3.26. The van der Waals surface area contributed by atoms with Crippen molar-refractivity contribution < 1.29 is 19.0 Å². The molecule has 0 atom stereocenters. The summed E-state index contributed by atoms with van der Waals surface area (Å²) in [5.74, 6) is 0.912. The van der Waals surface area contributed by atoms with E-state index in [9.17, 15) is 9.59 Å². The lowest BCUT2D eigenvalue weighted by Crippen LogP contribution is -2.22. The first-order valence-corrected chi connectivity index (χ1v) is 10.4. The van der Waals surface area contributed by atoms with Crippen LogP contribution in [0.1, 0.15) is 24.7 Å². The Balaban J connectivity index is 1.96. The van der Waals surface area contributed by atoms with Crippen molar-refractivity contribution in [3.05, 3.63) is 62.6 Å². The van der Waals surface area contributed by atoms with Gasteiger partial charge in [-0.3, -0.25) is 4.79 Å². The summed E-state index contributed by atoms with van der Waals surface area (Å²) in [5.41, 5.74) is 1.08. The van der Waals surface area contributed by atoms with E-state index in [1.54, 1.807) is 30.5 Å². The van der Waals surface area contributed by atoms with Gasteiger partial charge in [0.25, 0.3) is 5.56 Å². The van der Waals surface area contributed by atoms with Gasteiger partial charge in [-0.1, -0.05) is 22.9 Å². The largest absolute Gasteiger partial charge is 0.493 e. The first kappa shape index (κ1) is 22.5. The van der Waals surface area contributed by atoms with Crippen LogP contribution in [0.5, 0.6) is 11.5 Å². The van der Waals surface area contributed by atoms with Crippen molar-refractivity contribution in [2.45, 2.75) is 19.8 Å². The van der Waals surface area contributed by atoms with Crippen LogP contribution in [-0.2, 0) is 16.0 Å². The molecule has 0 fully saturated rings. The number of fused-ring (bicyclic) bond motifs is 1. The number of carbonyl (C=O) groups is 1. The number of esters is 1. The van der Waals surface area contributed by atoms with Gasteiger partial charge in [0.1, 0.15) is 5.82 Å². The van der Waals surface area contributed by atoms with Crippen LogP contribution in [0.2, 0.25) is 0 Å². The van der Waals surface area contributed by atoms with Crippen molar-refractivity contribution in [3.63, 3.8) is 0 Å². The smallest absolute Gasteiger partial charge is 0.343 e. The Morgan fingerprint density at radius 2 is 2.00 bits per heavy atom. The summed E-state index contributed by atoms with van der Waals surface area (Å²) in [6.45, 7) is 1.79. The highest BCUT2D eigenvalue weighted by Crippen LogP contribution is 2.27. The third-order valence-corrected chi connectivity index (χ3v) is 4.93. The fourth-order valence-electron chi connectivity index (χ4n) is 2.90. The van der Waals surface area contributed by atoms with Crippen molar-refractivity contribution in [1.82, 2.24) is 9.66 Å². The van der Waals surface area contributed by atoms with Crippen molar-refractivity contribution in [2.24, 2.45) is 5.10 Å². The van der Waals surface area contributed by atoms with Crippen LogP contribution in [0, 0.1) is 0 Å². The van der Waals surface area contributed by atoms with Crippen LogP contribution in [-0.4, -0.2) is 42.7 Å². The van der Waals surface area contributed by atoms with Crippen LogP contribution < -0.4 is 15.0 Å². The van der Waals surface area contributed by atoms with E-state index in [2.05, 4.69) is 30.8 Å². The summed E-state index contributed by atoms with van der Waals surface area (Å²) in [4.78, 5) is 29.0. The molecule has 1 aromatic heterocycles. The maximum atomic E-state index is 13.1. The highest BCUT2D eigenvalue weighted by Gasteiger charge is 2.11. The zero-order valence-electron chi connectivity index (χ0n) is 17.4. The van der Waals surface area contributed by atoms with Crippen LogP contribution in [0.25, 0.3) is 10.9 Å². The van der Waals surface area contributed by atoms with Crippen molar-refractivity contribution in [3.8, 4) is 11.5 Å². The van der Waals surface area contributed by atoms with E-state index >= 15 is 0 Å². The van der Waals surface area contributed by atoms with Crippen molar-refractivity contribution in [1.29, 1.82) is 0 Å². The van der Waals surface area contributed by atoms with Crippen LogP contribution in [0.4, 0.5) is 0 Å². The minimum Gasteiger partial charge on any atom is -0.493 e. The van der Waals surface area contributed by atoms with Gasteiger partial charge in [-0.05, 0) is 48.4 Å². The predicted octanol–water partition coefficient (Wildman–Crippen LogP) is 3.55. The number of methoxy groups -OCH3 is 2. The van der Waals surface area contributed by atoms with E-state index in [-0.39, 0.29) is 12.2 Å². The molecular weight excluding hydrogens is 466 g/mol. The maximum absolute atomic E-state index is 13.1. The van der Waals surface area contributed by atoms with E-state index in [0.29, 0.717) is 40.2 Å². The van der Waals surface area contributed by atoms with E-state index in [0.717, 1.165) is 10.9 Å². The zero-order valence-corrected chi connectivity index (χ0v) is 19.0. The Hall–Kier alpha value is -3.20. The third-order valence-electron chi connectivity index (χ3n) is 4.43. The van der Waals surface area contributed by atoms with Gasteiger partial charge in [0.2, 0.25) is 0 Å². The molecule has 0 spiro atoms. The summed E-state index contributed by atoms with van der Waals surface area (Å²) in [7, 11) is 2.79. The van der Waals surface area contributed by atoms with E-state index in [1.165, 1.54) is 18.9 Å². The molecule has 0 amide bonds. The molecule has 1 heterocycles. The summed E-state index contributed by atoms with van der Waals surface area (Å²) in [6, 6.07) is 10.5. The third kappa shape index (κ3) is 5.29. The lowest BCUT2D eigenvalue weighted by Gasteiger charge is -2.11.